The van der Waals surface area contributed by atoms with Crippen LogP contribution in [0, 0.1) is 17.5 Å². The molecule has 2 heterocycles. The van der Waals surface area contributed by atoms with Crippen LogP contribution in [0.25, 0.3) is 16.9 Å². The van der Waals surface area contributed by atoms with Gasteiger partial charge in [0, 0.05) is 29.9 Å². The summed E-state index contributed by atoms with van der Waals surface area (Å²) in [4.78, 5) is 16.9. The average Bonchev–Trinajstić information content (AvgIpc) is 3.08. The van der Waals surface area contributed by atoms with E-state index in [-0.39, 0.29) is 23.8 Å². The standard InChI is InChI=1S/C22H16F3N3O/c23-15-6-4-14(5-7-15)22-19(28-12-2-1-3-20(28)27-22)10-11-21(29)26-16-8-9-17(24)18(25)13-16/h1-9,12-13H,10-11H2,(H,26,29). The maximum Gasteiger partial charge on any atom is 0.224 e. The molecule has 0 spiro atoms. The summed E-state index contributed by atoms with van der Waals surface area (Å²) in [6.07, 6.45) is 2.31. The van der Waals surface area contributed by atoms with Crippen molar-refractivity contribution in [2.45, 2.75) is 12.8 Å². The van der Waals surface area contributed by atoms with Gasteiger partial charge >= 0.3 is 0 Å². The number of aromatic nitrogens is 2. The van der Waals surface area contributed by atoms with Gasteiger partial charge in [-0.3, -0.25) is 4.79 Å². The predicted octanol–water partition coefficient (Wildman–Crippen LogP) is 4.99. The van der Waals surface area contributed by atoms with Gasteiger partial charge in [0.25, 0.3) is 0 Å². The molecule has 0 aliphatic heterocycles. The van der Waals surface area contributed by atoms with Crippen molar-refractivity contribution in [3.63, 3.8) is 0 Å². The first-order valence-electron chi connectivity index (χ1n) is 8.98. The Hall–Kier alpha value is -3.61. The molecule has 4 aromatic rings. The van der Waals surface area contributed by atoms with Gasteiger partial charge in [-0.05, 0) is 55.0 Å². The molecule has 1 amide bonds. The normalized spacial score (nSPS) is 11.0. The number of anilines is 1. The highest BCUT2D eigenvalue weighted by molar-refractivity contribution is 5.91. The molecule has 0 saturated carbocycles. The molecule has 0 saturated heterocycles. The number of fused-ring (bicyclic) bond motifs is 1. The summed E-state index contributed by atoms with van der Waals surface area (Å²) < 4.78 is 41.5. The molecular formula is C22H16F3N3O. The zero-order chi connectivity index (χ0) is 20.4. The van der Waals surface area contributed by atoms with Crippen LogP contribution in [-0.4, -0.2) is 15.3 Å². The van der Waals surface area contributed by atoms with E-state index < -0.39 is 11.6 Å². The molecule has 146 valence electrons. The largest absolute Gasteiger partial charge is 0.326 e. The van der Waals surface area contributed by atoms with E-state index in [2.05, 4.69) is 10.3 Å². The van der Waals surface area contributed by atoms with Gasteiger partial charge in [0.2, 0.25) is 5.91 Å². The fraction of sp³-hybridized carbons (Fsp3) is 0.0909. The number of aryl methyl sites for hydroxylation is 1. The first-order chi connectivity index (χ1) is 14.0. The minimum Gasteiger partial charge on any atom is -0.326 e. The summed E-state index contributed by atoms with van der Waals surface area (Å²) in [5, 5.41) is 2.56. The zero-order valence-corrected chi connectivity index (χ0v) is 15.2. The van der Waals surface area contributed by atoms with Crippen LogP contribution in [0.15, 0.2) is 66.9 Å². The van der Waals surface area contributed by atoms with Gasteiger partial charge in [-0.2, -0.15) is 0 Å². The Morgan fingerprint density at radius 1 is 0.966 bits per heavy atom. The van der Waals surface area contributed by atoms with E-state index in [1.165, 1.54) is 18.2 Å². The van der Waals surface area contributed by atoms with E-state index in [0.29, 0.717) is 17.8 Å². The number of halogens is 3. The molecule has 29 heavy (non-hydrogen) atoms. The second-order valence-corrected chi connectivity index (χ2v) is 6.52. The number of amides is 1. The SMILES string of the molecule is O=C(CCc1c(-c2ccc(F)cc2)nc2ccccn12)Nc1ccc(F)c(F)c1. The van der Waals surface area contributed by atoms with E-state index in [1.54, 1.807) is 12.1 Å². The van der Waals surface area contributed by atoms with Gasteiger partial charge in [0.05, 0.1) is 11.4 Å². The molecule has 0 fully saturated rings. The second-order valence-electron chi connectivity index (χ2n) is 6.52. The van der Waals surface area contributed by atoms with Gasteiger partial charge in [-0.25, -0.2) is 18.2 Å². The Bertz CT molecular complexity index is 1190. The molecule has 0 radical (unpaired) electrons. The predicted molar refractivity (Wildman–Crippen MR) is 104 cm³/mol. The van der Waals surface area contributed by atoms with Crippen molar-refractivity contribution in [3.8, 4) is 11.3 Å². The molecular weight excluding hydrogens is 379 g/mol. The number of hydrogen-bond acceptors (Lipinski definition) is 2. The molecule has 7 heteroatoms. The number of imidazole rings is 1. The van der Waals surface area contributed by atoms with Crippen molar-refractivity contribution in [3.05, 3.63) is 90.0 Å². The lowest BCUT2D eigenvalue weighted by Crippen LogP contribution is -2.13. The Balaban J connectivity index is 1.58. The van der Waals surface area contributed by atoms with Gasteiger partial charge in [-0.15, -0.1) is 0 Å². The Morgan fingerprint density at radius 2 is 1.76 bits per heavy atom. The maximum atomic E-state index is 13.3. The number of rotatable bonds is 5. The van der Waals surface area contributed by atoms with Crippen LogP contribution in [0.4, 0.5) is 18.9 Å². The Kier molecular flexibility index (Phi) is 5.03. The Labute approximate surface area is 164 Å². The third kappa shape index (κ3) is 3.99. The quantitative estimate of drug-likeness (QED) is 0.518. The minimum atomic E-state index is -1.02. The third-order valence-electron chi connectivity index (χ3n) is 4.54. The summed E-state index contributed by atoms with van der Waals surface area (Å²) in [6.45, 7) is 0. The van der Waals surface area contributed by atoms with Crippen LogP contribution in [-0.2, 0) is 11.2 Å². The molecule has 2 aromatic carbocycles. The molecule has 4 nitrogen and oxygen atoms in total. The first kappa shape index (κ1) is 18.7. The molecule has 0 bridgehead atoms. The van der Waals surface area contributed by atoms with Crippen LogP contribution >= 0.6 is 0 Å². The number of carbonyl (C=O) groups excluding carboxylic acids is 1. The lowest BCUT2D eigenvalue weighted by atomic mass is 10.1. The minimum absolute atomic E-state index is 0.107. The number of pyridine rings is 1. The smallest absolute Gasteiger partial charge is 0.224 e. The summed E-state index contributed by atoms with van der Waals surface area (Å²) in [5.41, 5.74) is 3.10. The van der Waals surface area contributed by atoms with Crippen LogP contribution < -0.4 is 5.32 Å². The average molecular weight is 395 g/mol. The lowest BCUT2D eigenvalue weighted by Gasteiger charge is -2.08. The fourth-order valence-corrected chi connectivity index (χ4v) is 3.15. The van der Waals surface area contributed by atoms with Crippen molar-refractivity contribution < 1.29 is 18.0 Å². The zero-order valence-electron chi connectivity index (χ0n) is 15.2. The topological polar surface area (TPSA) is 46.4 Å². The highest BCUT2D eigenvalue weighted by atomic mass is 19.2. The summed E-state index contributed by atoms with van der Waals surface area (Å²) in [7, 11) is 0. The van der Waals surface area contributed by atoms with Crippen LogP contribution in [0.3, 0.4) is 0 Å². The monoisotopic (exact) mass is 395 g/mol. The number of carbonyl (C=O) groups is 1. The highest BCUT2D eigenvalue weighted by Gasteiger charge is 2.15. The lowest BCUT2D eigenvalue weighted by molar-refractivity contribution is -0.116. The van der Waals surface area contributed by atoms with E-state index in [9.17, 15) is 18.0 Å². The summed E-state index contributed by atoms with van der Waals surface area (Å²) in [5.74, 6) is -2.68. The van der Waals surface area contributed by atoms with Crippen molar-refractivity contribution in [2.24, 2.45) is 0 Å². The Morgan fingerprint density at radius 3 is 2.52 bits per heavy atom. The van der Waals surface area contributed by atoms with Crippen LogP contribution in [0.2, 0.25) is 0 Å². The van der Waals surface area contributed by atoms with Gasteiger partial charge in [0.1, 0.15) is 11.5 Å². The summed E-state index contributed by atoms with van der Waals surface area (Å²) >= 11 is 0. The number of hydrogen-bond donors (Lipinski definition) is 1. The third-order valence-corrected chi connectivity index (χ3v) is 4.54. The van der Waals surface area contributed by atoms with Crippen molar-refractivity contribution in [1.82, 2.24) is 9.38 Å². The second kappa shape index (κ2) is 7.79. The molecule has 1 N–H and O–H groups in total. The van der Waals surface area contributed by atoms with Gasteiger partial charge < -0.3 is 9.72 Å². The van der Waals surface area contributed by atoms with Crippen LogP contribution in [0.1, 0.15) is 12.1 Å². The van der Waals surface area contributed by atoms with E-state index in [1.807, 2.05) is 28.8 Å². The molecule has 2 aromatic heterocycles. The van der Waals surface area contributed by atoms with E-state index in [0.717, 1.165) is 23.4 Å². The van der Waals surface area contributed by atoms with E-state index >= 15 is 0 Å². The highest BCUT2D eigenvalue weighted by Crippen LogP contribution is 2.26. The molecule has 0 aliphatic rings. The summed E-state index contributed by atoms with van der Waals surface area (Å²) in [6, 6.07) is 14.8. The maximum absolute atomic E-state index is 13.3. The van der Waals surface area contributed by atoms with Crippen molar-refractivity contribution >= 4 is 17.2 Å². The first-order valence-corrected chi connectivity index (χ1v) is 8.98. The van der Waals surface area contributed by atoms with Crippen molar-refractivity contribution in [2.75, 3.05) is 5.32 Å². The van der Waals surface area contributed by atoms with E-state index in [4.69, 9.17) is 0 Å². The van der Waals surface area contributed by atoms with Gasteiger partial charge in [0.15, 0.2) is 11.6 Å². The molecule has 0 aliphatic carbocycles. The number of nitrogens with one attached hydrogen (secondary N) is 1. The molecule has 0 unspecified atom stereocenters. The van der Waals surface area contributed by atoms with Crippen molar-refractivity contribution in [1.29, 1.82) is 0 Å². The van der Waals surface area contributed by atoms with Crippen LogP contribution in [0.5, 0.6) is 0 Å². The van der Waals surface area contributed by atoms with Gasteiger partial charge in [-0.1, -0.05) is 6.07 Å². The number of benzene rings is 2. The molecule has 0 atom stereocenters. The molecule has 4 rings (SSSR count). The number of nitrogens with zero attached hydrogens (tertiary/aromatic N) is 2. The fourth-order valence-electron chi connectivity index (χ4n) is 3.15.